The standard InChI is InChI=1S/C5H6NP/c7-6-5-3-1-2-4-5/h1,3-4,7H,2H2. The second-order valence-corrected chi connectivity index (χ2v) is 1.60. The number of hydrogen-bond donors (Lipinski definition) is 0. The zero-order valence-corrected chi connectivity index (χ0v) is 4.89. The van der Waals surface area contributed by atoms with Gasteiger partial charge in [-0.1, -0.05) is 12.2 Å². The fraction of sp³-hybridized carbons (Fsp3) is 0.200. The van der Waals surface area contributed by atoms with E-state index >= 15 is 0 Å². The maximum Gasteiger partial charge on any atom is 0.0632 e. The van der Waals surface area contributed by atoms with Crippen LogP contribution in [0.25, 0.3) is 0 Å². The first-order valence-electron chi connectivity index (χ1n) is 2.17. The second-order valence-electron chi connectivity index (χ2n) is 1.38. The maximum atomic E-state index is 3.77. The molecule has 0 fully saturated rings. The summed E-state index contributed by atoms with van der Waals surface area (Å²) in [7, 11) is 3.03. The van der Waals surface area contributed by atoms with Gasteiger partial charge in [0.25, 0.3) is 0 Å². The molecule has 0 N–H and O–H groups in total. The minimum atomic E-state index is 1.02. The molecule has 0 radical (unpaired) electrons. The first kappa shape index (κ1) is 4.73. The van der Waals surface area contributed by atoms with Gasteiger partial charge in [0, 0.05) is 0 Å². The molecular formula is C5H6NP. The third-order valence-corrected chi connectivity index (χ3v) is 1.14. The Morgan fingerprint density at radius 3 is 2.86 bits per heavy atom. The van der Waals surface area contributed by atoms with Crippen molar-refractivity contribution in [3.05, 3.63) is 23.9 Å². The summed E-state index contributed by atoms with van der Waals surface area (Å²) in [6.07, 6.45) is 7.13. The van der Waals surface area contributed by atoms with Crippen molar-refractivity contribution in [3.8, 4) is 0 Å². The first-order valence-corrected chi connectivity index (χ1v) is 2.62. The molecule has 0 heterocycles. The molecule has 1 rings (SSSR count). The molecule has 0 aromatic rings. The summed E-state index contributed by atoms with van der Waals surface area (Å²) in [4.78, 5) is 0. The predicted molar refractivity (Wildman–Crippen MR) is 32.6 cm³/mol. The molecule has 0 aliphatic heterocycles. The van der Waals surface area contributed by atoms with E-state index in [1.54, 1.807) is 0 Å². The monoisotopic (exact) mass is 111 g/mol. The third-order valence-electron chi connectivity index (χ3n) is 0.881. The summed E-state index contributed by atoms with van der Waals surface area (Å²) in [5.74, 6) is 0. The Bertz CT molecular complexity index is 135. The van der Waals surface area contributed by atoms with Crippen molar-refractivity contribution >= 4 is 9.03 Å². The molecular weight excluding hydrogens is 105 g/mol. The topological polar surface area (TPSA) is 12.4 Å². The van der Waals surface area contributed by atoms with Gasteiger partial charge in [-0.3, -0.25) is 0 Å². The van der Waals surface area contributed by atoms with Crippen LogP contribution >= 0.6 is 9.03 Å². The molecule has 1 nitrogen and oxygen atoms in total. The Morgan fingerprint density at radius 1 is 1.71 bits per heavy atom. The van der Waals surface area contributed by atoms with Crippen molar-refractivity contribution in [3.63, 3.8) is 0 Å². The first-order chi connectivity index (χ1) is 3.43. The van der Waals surface area contributed by atoms with Crippen molar-refractivity contribution in [1.29, 1.82) is 0 Å². The van der Waals surface area contributed by atoms with Crippen molar-refractivity contribution in [2.24, 2.45) is 4.74 Å². The molecule has 0 saturated carbocycles. The Labute approximate surface area is 45.0 Å². The highest BCUT2D eigenvalue weighted by Gasteiger charge is 1.89. The van der Waals surface area contributed by atoms with Gasteiger partial charge < -0.3 is 0 Å². The van der Waals surface area contributed by atoms with Crippen LogP contribution in [-0.2, 0) is 0 Å². The zero-order valence-electron chi connectivity index (χ0n) is 3.89. The van der Waals surface area contributed by atoms with Gasteiger partial charge >= 0.3 is 0 Å². The van der Waals surface area contributed by atoms with Crippen LogP contribution in [0.1, 0.15) is 6.42 Å². The molecule has 0 bridgehead atoms. The van der Waals surface area contributed by atoms with E-state index in [0.29, 0.717) is 0 Å². The fourth-order valence-corrected chi connectivity index (χ4v) is 0.694. The van der Waals surface area contributed by atoms with E-state index in [1.165, 1.54) is 0 Å². The highest BCUT2D eigenvalue weighted by atomic mass is 31.0. The van der Waals surface area contributed by atoms with E-state index in [4.69, 9.17) is 0 Å². The summed E-state index contributed by atoms with van der Waals surface area (Å²) < 4.78 is 3.77. The number of hydrogen-bond acceptors (Lipinski definition) is 1. The second kappa shape index (κ2) is 2.04. The average Bonchev–Trinajstić information content (AvgIpc) is 2.14. The van der Waals surface area contributed by atoms with Crippen molar-refractivity contribution in [1.82, 2.24) is 0 Å². The molecule has 0 aromatic carbocycles. The van der Waals surface area contributed by atoms with Crippen LogP contribution in [0.5, 0.6) is 0 Å². The summed E-state index contributed by atoms with van der Waals surface area (Å²) in [6, 6.07) is 0. The highest BCUT2D eigenvalue weighted by molar-refractivity contribution is 7.04. The van der Waals surface area contributed by atoms with Crippen LogP contribution in [-0.4, -0.2) is 0 Å². The Morgan fingerprint density at radius 2 is 2.57 bits per heavy atom. The lowest BCUT2D eigenvalue weighted by Crippen LogP contribution is -1.54. The van der Waals surface area contributed by atoms with E-state index in [2.05, 4.69) is 19.9 Å². The van der Waals surface area contributed by atoms with Gasteiger partial charge in [0.2, 0.25) is 0 Å². The van der Waals surface area contributed by atoms with Gasteiger partial charge in [-0.2, -0.15) is 0 Å². The zero-order chi connectivity index (χ0) is 5.11. The average molecular weight is 111 g/mol. The molecule has 0 aromatic heterocycles. The molecule has 1 aliphatic carbocycles. The van der Waals surface area contributed by atoms with Crippen LogP contribution in [0.15, 0.2) is 28.7 Å². The fourth-order valence-electron chi connectivity index (χ4n) is 0.529. The van der Waals surface area contributed by atoms with E-state index < -0.39 is 0 Å². The summed E-state index contributed by atoms with van der Waals surface area (Å²) in [6.45, 7) is 0. The van der Waals surface area contributed by atoms with Crippen LogP contribution in [0, 0.1) is 0 Å². The van der Waals surface area contributed by atoms with E-state index in [-0.39, 0.29) is 0 Å². The van der Waals surface area contributed by atoms with E-state index in [1.807, 2.05) is 12.2 Å². The van der Waals surface area contributed by atoms with Crippen molar-refractivity contribution in [2.45, 2.75) is 6.42 Å². The molecule has 7 heavy (non-hydrogen) atoms. The van der Waals surface area contributed by atoms with Gasteiger partial charge in [-0.25, -0.2) is 4.74 Å². The number of rotatable bonds is 1. The molecule has 1 aliphatic rings. The van der Waals surface area contributed by atoms with Crippen LogP contribution in [0.2, 0.25) is 0 Å². The smallest absolute Gasteiger partial charge is 0.0632 e. The Hall–Kier alpha value is -0.420. The van der Waals surface area contributed by atoms with Gasteiger partial charge in [-0.05, 0) is 21.5 Å². The normalized spacial score (nSPS) is 16.9. The molecule has 0 unspecified atom stereocenters. The van der Waals surface area contributed by atoms with E-state index in [9.17, 15) is 0 Å². The lowest BCUT2D eigenvalue weighted by Gasteiger charge is -1.76. The predicted octanol–water partition coefficient (Wildman–Crippen LogP) is 2.16. The van der Waals surface area contributed by atoms with Crippen LogP contribution in [0.3, 0.4) is 0 Å². The molecule has 2 heteroatoms. The Balaban J connectivity index is 2.69. The highest BCUT2D eigenvalue weighted by Crippen LogP contribution is 2.09. The van der Waals surface area contributed by atoms with Gasteiger partial charge in [0.1, 0.15) is 0 Å². The van der Waals surface area contributed by atoms with Gasteiger partial charge in [-0.15, -0.1) is 0 Å². The molecule has 0 atom stereocenters. The largest absolute Gasteiger partial charge is 0.236 e. The minimum Gasteiger partial charge on any atom is -0.236 e. The number of allylic oxidation sites excluding steroid dienone is 3. The molecule has 0 amide bonds. The summed E-state index contributed by atoms with van der Waals surface area (Å²) in [5, 5.41) is 0. The van der Waals surface area contributed by atoms with Gasteiger partial charge in [0.15, 0.2) is 0 Å². The maximum absolute atomic E-state index is 3.77. The molecule has 0 spiro atoms. The van der Waals surface area contributed by atoms with Crippen molar-refractivity contribution < 1.29 is 0 Å². The SMILES string of the molecule is P=NC1=CCC=C1. The molecule has 36 valence electrons. The third kappa shape index (κ3) is 0.971. The lowest BCUT2D eigenvalue weighted by molar-refractivity contribution is 1.40. The van der Waals surface area contributed by atoms with Crippen LogP contribution < -0.4 is 0 Å². The Kier molecular flexibility index (Phi) is 1.38. The lowest BCUT2D eigenvalue weighted by atomic mass is 10.5. The number of nitrogens with zero attached hydrogens (tertiary/aromatic N) is 1. The van der Waals surface area contributed by atoms with Crippen molar-refractivity contribution in [2.75, 3.05) is 0 Å². The summed E-state index contributed by atoms with van der Waals surface area (Å²) in [5.41, 5.74) is 1.02. The van der Waals surface area contributed by atoms with Crippen LogP contribution in [0.4, 0.5) is 0 Å². The minimum absolute atomic E-state index is 1.02. The molecule has 0 saturated heterocycles. The summed E-state index contributed by atoms with van der Waals surface area (Å²) >= 11 is 0. The van der Waals surface area contributed by atoms with Gasteiger partial charge in [0.05, 0.1) is 5.70 Å². The quantitative estimate of drug-likeness (QED) is 0.460. The van der Waals surface area contributed by atoms with E-state index in [0.717, 1.165) is 12.1 Å².